The van der Waals surface area contributed by atoms with E-state index in [2.05, 4.69) is 100 Å². The minimum atomic E-state index is -0.201. The number of nitrogens with zero attached hydrogens (tertiary/aromatic N) is 6. The Morgan fingerprint density at radius 3 is 0.867 bits per heavy atom. The van der Waals surface area contributed by atoms with Crippen LogP contribution in [0.25, 0.3) is 0 Å². The summed E-state index contributed by atoms with van der Waals surface area (Å²) in [6.45, 7) is 15.5. The van der Waals surface area contributed by atoms with Gasteiger partial charge in [0.25, 0.3) is 35.4 Å². The van der Waals surface area contributed by atoms with Crippen LogP contribution in [0.15, 0.2) is 412 Å². The molecule has 6 heterocycles. The molecule has 0 atom stereocenters. The van der Waals surface area contributed by atoms with Crippen molar-refractivity contribution in [3.05, 3.63) is 499 Å². The molecule has 0 saturated heterocycles. The summed E-state index contributed by atoms with van der Waals surface area (Å²) in [5.41, 5.74) is 15.7. The number of carbonyl (C=O) groups excluding carboxylic acids is 6. The van der Waals surface area contributed by atoms with Gasteiger partial charge in [0.2, 0.25) is 0 Å². The molecule has 143 heavy (non-hydrogen) atoms. The van der Waals surface area contributed by atoms with Gasteiger partial charge in [-0.05, 0) is 296 Å². The zero-order valence-electron chi connectivity index (χ0n) is 78.9. The molecule has 6 N–H and O–H groups in total. The molecule has 6 amide bonds. The number of hydrogen-bond donors (Lipinski definition) is 6. The number of halogens is 3. The van der Waals surface area contributed by atoms with Crippen LogP contribution in [0.1, 0.15) is 107 Å². The average Bonchev–Trinajstić information content (AvgIpc) is 0.816. The van der Waals surface area contributed by atoms with E-state index in [9.17, 15) is 28.8 Å². The minimum absolute atomic E-state index is 0.145. The van der Waals surface area contributed by atoms with E-state index >= 15 is 0 Å². The summed E-state index contributed by atoms with van der Waals surface area (Å²) < 4.78 is 36.4. The van der Waals surface area contributed by atoms with Crippen LogP contribution in [-0.2, 0) is 0 Å². The second-order valence-corrected chi connectivity index (χ2v) is 34.7. The van der Waals surface area contributed by atoms with Crippen molar-refractivity contribution in [3.8, 4) is 69.0 Å². The van der Waals surface area contributed by atoms with E-state index in [0.717, 1.165) is 52.8 Å². The lowest BCUT2D eigenvalue weighted by atomic mass is 10.1. The van der Waals surface area contributed by atoms with Crippen molar-refractivity contribution in [2.45, 2.75) is 55.4 Å². The molecule has 18 rings (SSSR count). The van der Waals surface area contributed by atoms with Crippen molar-refractivity contribution in [3.63, 3.8) is 0 Å². The summed E-state index contributed by atoms with van der Waals surface area (Å²) >= 11 is 11.8. The Balaban J connectivity index is 0.000000144. The fraction of sp³-hybridized carbons (Fsp3) is 0.0690. The van der Waals surface area contributed by atoms with Crippen molar-refractivity contribution < 1.29 is 57.2 Å². The number of aryl methyl sites for hydroxylation is 8. The number of benzene rings is 12. The Kier molecular flexibility index (Phi) is 37.8. The van der Waals surface area contributed by atoms with Crippen molar-refractivity contribution in [1.29, 1.82) is 0 Å². The number of pyridine rings is 6. The highest BCUT2D eigenvalue weighted by atomic mass is 127. The molecule has 18 aromatic rings. The summed E-state index contributed by atoms with van der Waals surface area (Å²) in [5, 5.41) is 17.8. The summed E-state index contributed by atoms with van der Waals surface area (Å²) in [5.74, 6) is 6.63. The van der Waals surface area contributed by atoms with Crippen molar-refractivity contribution >= 4 is 120 Å². The Bertz CT molecular complexity index is 7060. The van der Waals surface area contributed by atoms with E-state index < -0.39 is 0 Å². The number of rotatable bonds is 24. The van der Waals surface area contributed by atoms with Gasteiger partial charge in [0, 0.05) is 154 Å². The highest BCUT2D eigenvalue weighted by Crippen LogP contribution is 2.35. The highest BCUT2D eigenvalue weighted by Gasteiger charge is 2.17. The van der Waals surface area contributed by atoms with Crippen LogP contribution in [-0.4, -0.2) is 65.3 Å². The Morgan fingerprint density at radius 2 is 0.538 bits per heavy atom. The number of ether oxygens (including phenoxy) is 6. The number of amides is 6. The van der Waals surface area contributed by atoms with Gasteiger partial charge in [-0.15, -0.1) is 0 Å². The molecule has 0 spiro atoms. The maximum atomic E-state index is 12.4. The van der Waals surface area contributed by atoms with Gasteiger partial charge in [0.05, 0.1) is 36.7 Å². The van der Waals surface area contributed by atoms with E-state index in [1.54, 1.807) is 171 Å². The first kappa shape index (κ1) is 103. The quantitative estimate of drug-likeness (QED) is 0.0306. The van der Waals surface area contributed by atoms with Crippen LogP contribution in [0.4, 0.5) is 34.1 Å². The zero-order chi connectivity index (χ0) is 101. The van der Waals surface area contributed by atoms with Crippen molar-refractivity contribution in [2.24, 2.45) is 0 Å². The lowest BCUT2D eigenvalue weighted by molar-refractivity contribution is 0.101. The smallest absolute Gasteiger partial charge is 0.255 e. The molecule has 27 heteroatoms. The maximum absolute atomic E-state index is 12.4. The van der Waals surface area contributed by atoms with Gasteiger partial charge in [0.15, 0.2) is 0 Å². The molecule has 12 aromatic carbocycles. The standard InChI is InChI=1S/2C20H18N2O2.C19H15BrN2O2.C19H15ClN2O2.C19H15IN2O2.C19H16N2O2/c1-14-6-3-7-16(12-14)20(23)22-17-8-4-9-18(13-17)24-19-10-5-11-21-15(19)2;1-14-5-3-6-16(11-14)20(23)22-17-7-4-8-18(12-17)24-19-10-9-15(2)21-13-19;3*1-13-4-2-5-14(8-13)19(23)22-16-9-15(20)10-18(11-16)24-17-6-3-7-21-12-17;1-14-5-2-6-15(11-14)19(22)21-16-7-3-8-17(12-16)23-18-9-4-10-20-13-18/h2*3-13H,1-2H3,(H,22,23);3*2-12H,1H3,(H,22,23);2-13H,1H3,(H,21,22). The first-order valence-corrected chi connectivity index (χ1v) is 47.0. The van der Waals surface area contributed by atoms with Crippen LogP contribution < -0.4 is 60.3 Å². The molecule has 0 radical (unpaired) electrons. The molecule has 0 aliphatic heterocycles. The molecule has 0 aliphatic rings. The molecule has 0 unspecified atom stereocenters. The van der Waals surface area contributed by atoms with E-state index in [1.807, 2.05) is 292 Å². The number of nitrogens with one attached hydrogen (secondary N) is 6. The topological polar surface area (TPSA) is 307 Å². The second-order valence-electron chi connectivity index (χ2n) is 32.1. The van der Waals surface area contributed by atoms with Gasteiger partial charge in [-0.2, -0.15) is 0 Å². The van der Waals surface area contributed by atoms with Gasteiger partial charge in [-0.1, -0.05) is 152 Å². The monoisotopic (exact) mass is 2090 g/mol. The van der Waals surface area contributed by atoms with Crippen molar-refractivity contribution in [2.75, 3.05) is 31.9 Å². The number of carbonyl (C=O) groups is 6. The number of aromatic nitrogens is 6. The summed E-state index contributed by atoms with van der Waals surface area (Å²) in [6, 6.07) is 105. The molecule has 714 valence electrons. The maximum Gasteiger partial charge on any atom is 0.255 e. The van der Waals surface area contributed by atoms with E-state index in [1.165, 1.54) is 0 Å². The third-order valence-electron chi connectivity index (χ3n) is 20.1. The third-order valence-corrected chi connectivity index (χ3v) is 21.4. The lowest BCUT2D eigenvalue weighted by Gasteiger charge is -2.10. The molecular formula is C116H97BrClIN12O12. The van der Waals surface area contributed by atoms with Gasteiger partial charge in [-0.3, -0.25) is 58.7 Å². The fourth-order valence-electron chi connectivity index (χ4n) is 13.5. The molecule has 6 aromatic heterocycles. The molecule has 0 fully saturated rings. The lowest BCUT2D eigenvalue weighted by Crippen LogP contribution is -2.12. The van der Waals surface area contributed by atoms with Gasteiger partial charge in [0.1, 0.15) is 69.0 Å². The Labute approximate surface area is 855 Å². The van der Waals surface area contributed by atoms with E-state index in [-0.39, 0.29) is 35.4 Å². The first-order valence-electron chi connectivity index (χ1n) is 44.7. The van der Waals surface area contributed by atoms with Gasteiger partial charge < -0.3 is 60.3 Å². The molecule has 0 saturated carbocycles. The van der Waals surface area contributed by atoms with Crippen LogP contribution in [0.3, 0.4) is 0 Å². The largest absolute Gasteiger partial charge is 0.456 e. The van der Waals surface area contributed by atoms with Crippen LogP contribution in [0.5, 0.6) is 69.0 Å². The Hall–Kier alpha value is -17.3. The highest BCUT2D eigenvalue weighted by molar-refractivity contribution is 14.1. The molecule has 0 aliphatic carbocycles. The van der Waals surface area contributed by atoms with Gasteiger partial charge in [-0.25, -0.2) is 0 Å². The molecular weight excluding hydrogens is 2000 g/mol. The van der Waals surface area contributed by atoms with Gasteiger partial charge >= 0.3 is 0 Å². The summed E-state index contributed by atoms with van der Waals surface area (Å²) in [6.07, 6.45) is 16.6. The fourth-order valence-corrected chi connectivity index (χ4v) is 14.8. The normalized spacial score (nSPS) is 10.2. The summed E-state index contributed by atoms with van der Waals surface area (Å²) in [4.78, 5) is 98.4. The van der Waals surface area contributed by atoms with Crippen LogP contribution >= 0.6 is 50.1 Å². The van der Waals surface area contributed by atoms with E-state index in [0.29, 0.717) is 142 Å². The third kappa shape index (κ3) is 34.4. The first-order chi connectivity index (χ1) is 69.2. The predicted molar refractivity (Wildman–Crippen MR) is 574 cm³/mol. The Morgan fingerprint density at radius 1 is 0.252 bits per heavy atom. The zero-order valence-corrected chi connectivity index (χ0v) is 83.4. The number of hydrogen-bond acceptors (Lipinski definition) is 18. The average molecular weight is 2090 g/mol. The van der Waals surface area contributed by atoms with Crippen LogP contribution in [0, 0.1) is 59.0 Å². The second kappa shape index (κ2) is 52.4. The molecule has 24 nitrogen and oxygen atoms in total. The minimum Gasteiger partial charge on any atom is -0.456 e. The predicted octanol–water partition coefficient (Wildman–Crippen LogP) is 29.2. The SMILES string of the molecule is Cc1cccc(C(=O)Nc2cc(Br)cc(Oc3cccnc3)c2)c1.Cc1cccc(C(=O)Nc2cc(Cl)cc(Oc3cccnc3)c2)c1.Cc1cccc(C(=O)Nc2cc(I)cc(Oc3cccnc3)c2)c1.Cc1cccc(C(=O)Nc2cccc(Oc3ccc(C)nc3)c2)c1.Cc1cccc(C(=O)Nc2cccc(Oc3cccnc3)c2)c1.Cc1cccc(C(=O)Nc2cccc(Oc3cccnc3C)c2)c1. The summed E-state index contributed by atoms with van der Waals surface area (Å²) in [7, 11) is 0. The van der Waals surface area contributed by atoms with Crippen molar-refractivity contribution in [1.82, 2.24) is 29.9 Å². The van der Waals surface area contributed by atoms with E-state index in [4.69, 9.17) is 40.0 Å². The van der Waals surface area contributed by atoms with Crippen LogP contribution in [0.2, 0.25) is 5.02 Å². The number of anilines is 6. The molecule has 0 bridgehead atoms.